The minimum absolute atomic E-state index is 0.436. The molecular weight excluding hydrogens is 226 g/mol. The molecule has 0 aliphatic rings. The van der Waals surface area contributed by atoms with Gasteiger partial charge < -0.3 is 15.2 Å². The lowest BCUT2D eigenvalue weighted by atomic mass is 10.2. The van der Waals surface area contributed by atoms with E-state index in [0.29, 0.717) is 6.54 Å². The summed E-state index contributed by atoms with van der Waals surface area (Å²) in [4.78, 5) is 0. The molecule has 0 saturated carbocycles. The van der Waals surface area contributed by atoms with Gasteiger partial charge in [-0.25, -0.2) is 0 Å². The molecule has 0 aliphatic heterocycles. The summed E-state index contributed by atoms with van der Waals surface area (Å²) in [5, 5.41) is 0. The minimum Gasteiger partial charge on any atom is -0.497 e. The zero-order chi connectivity index (χ0) is 13.0. The van der Waals surface area contributed by atoms with Gasteiger partial charge in [-0.1, -0.05) is 23.8 Å². The quantitative estimate of drug-likeness (QED) is 0.896. The molecule has 0 radical (unpaired) electrons. The van der Waals surface area contributed by atoms with Crippen LogP contribution >= 0.6 is 0 Å². The van der Waals surface area contributed by atoms with Gasteiger partial charge in [-0.05, 0) is 25.1 Å². The van der Waals surface area contributed by atoms with Crippen molar-refractivity contribution in [3.63, 3.8) is 0 Å². The molecule has 0 bridgehead atoms. The van der Waals surface area contributed by atoms with Crippen molar-refractivity contribution in [3.05, 3.63) is 53.6 Å². The maximum absolute atomic E-state index is 5.84. The van der Waals surface area contributed by atoms with Crippen molar-refractivity contribution in [1.29, 1.82) is 0 Å². The van der Waals surface area contributed by atoms with E-state index in [-0.39, 0.29) is 0 Å². The summed E-state index contributed by atoms with van der Waals surface area (Å²) in [5.41, 5.74) is 7.86. The van der Waals surface area contributed by atoms with E-state index >= 15 is 0 Å². The first-order chi connectivity index (χ1) is 8.72. The summed E-state index contributed by atoms with van der Waals surface area (Å²) in [6.45, 7) is 2.48. The Hall–Kier alpha value is -2.00. The normalized spacial score (nSPS) is 10.2. The second-order valence-electron chi connectivity index (χ2n) is 4.09. The third kappa shape index (κ3) is 2.81. The molecule has 3 heteroatoms. The molecule has 0 aliphatic carbocycles. The second kappa shape index (κ2) is 5.56. The van der Waals surface area contributed by atoms with Crippen LogP contribution in [-0.4, -0.2) is 7.11 Å². The number of hydrogen-bond donors (Lipinski definition) is 1. The first-order valence-electron chi connectivity index (χ1n) is 5.84. The highest BCUT2D eigenvalue weighted by Gasteiger charge is 2.05. The molecule has 18 heavy (non-hydrogen) atoms. The summed E-state index contributed by atoms with van der Waals surface area (Å²) >= 11 is 0. The van der Waals surface area contributed by atoms with Crippen molar-refractivity contribution in [3.8, 4) is 17.2 Å². The highest BCUT2D eigenvalue weighted by Crippen LogP contribution is 2.29. The first-order valence-corrected chi connectivity index (χ1v) is 5.84. The van der Waals surface area contributed by atoms with E-state index in [2.05, 4.69) is 0 Å². The molecule has 0 aromatic heterocycles. The average molecular weight is 243 g/mol. The van der Waals surface area contributed by atoms with Crippen molar-refractivity contribution >= 4 is 0 Å². The summed E-state index contributed by atoms with van der Waals surface area (Å²) in [6.07, 6.45) is 0. The molecule has 2 aromatic rings. The van der Waals surface area contributed by atoms with Gasteiger partial charge in [-0.3, -0.25) is 0 Å². The Balaban J connectivity index is 2.29. The van der Waals surface area contributed by atoms with Crippen LogP contribution in [0.3, 0.4) is 0 Å². The molecule has 0 unspecified atom stereocenters. The molecule has 2 N–H and O–H groups in total. The Morgan fingerprint density at radius 1 is 1.00 bits per heavy atom. The van der Waals surface area contributed by atoms with Gasteiger partial charge in [0.15, 0.2) is 0 Å². The summed E-state index contributed by atoms with van der Waals surface area (Å²) in [7, 11) is 1.63. The van der Waals surface area contributed by atoms with Gasteiger partial charge in [-0.2, -0.15) is 0 Å². The molecule has 3 nitrogen and oxygen atoms in total. The number of hydrogen-bond acceptors (Lipinski definition) is 3. The van der Waals surface area contributed by atoms with Gasteiger partial charge in [0.2, 0.25) is 0 Å². The van der Waals surface area contributed by atoms with Gasteiger partial charge in [0.05, 0.1) is 7.11 Å². The predicted molar refractivity (Wildman–Crippen MR) is 72.1 cm³/mol. The van der Waals surface area contributed by atoms with Crippen LogP contribution in [0.25, 0.3) is 0 Å². The van der Waals surface area contributed by atoms with Gasteiger partial charge in [0.25, 0.3) is 0 Å². The number of benzene rings is 2. The van der Waals surface area contributed by atoms with Crippen LogP contribution in [0, 0.1) is 6.92 Å². The highest BCUT2D eigenvalue weighted by atomic mass is 16.5. The largest absolute Gasteiger partial charge is 0.497 e. The van der Waals surface area contributed by atoms with E-state index < -0.39 is 0 Å². The molecule has 2 rings (SSSR count). The van der Waals surface area contributed by atoms with Crippen molar-refractivity contribution in [2.75, 3.05) is 7.11 Å². The monoisotopic (exact) mass is 243 g/mol. The minimum atomic E-state index is 0.436. The van der Waals surface area contributed by atoms with Crippen LogP contribution in [0.4, 0.5) is 0 Å². The second-order valence-corrected chi connectivity index (χ2v) is 4.09. The molecule has 0 atom stereocenters. The van der Waals surface area contributed by atoms with Crippen LogP contribution in [0.15, 0.2) is 42.5 Å². The number of methoxy groups -OCH3 is 1. The molecule has 0 fully saturated rings. The first kappa shape index (κ1) is 12.5. The number of aryl methyl sites for hydroxylation is 1. The van der Waals surface area contributed by atoms with Gasteiger partial charge in [0, 0.05) is 18.2 Å². The van der Waals surface area contributed by atoms with Crippen LogP contribution in [0.5, 0.6) is 17.2 Å². The Kier molecular flexibility index (Phi) is 3.85. The Bertz CT molecular complexity index is 521. The fourth-order valence-electron chi connectivity index (χ4n) is 1.66. The number of ether oxygens (including phenoxy) is 2. The molecule has 0 amide bonds. The zero-order valence-corrected chi connectivity index (χ0v) is 10.6. The SMILES string of the molecule is COc1ccc(CN)c(Oc2ccc(C)cc2)c1. The standard InChI is InChI=1S/C15H17NO2/c1-11-3-6-13(7-4-11)18-15-9-14(17-2)8-5-12(15)10-16/h3-9H,10,16H2,1-2H3. The lowest BCUT2D eigenvalue weighted by molar-refractivity contribution is 0.408. The topological polar surface area (TPSA) is 44.5 Å². The van der Waals surface area contributed by atoms with E-state index in [9.17, 15) is 0 Å². The Morgan fingerprint density at radius 2 is 1.67 bits per heavy atom. The van der Waals surface area contributed by atoms with E-state index in [1.807, 2.05) is 49.4 Å². The third-order valence-electron chi connectivity index (χ3n) is 2.74. The predicted octanol–water partition coefficient (Wildman–Crippen LogP) is 3.25. The summed E-state index contributed by atoms with van der Waals surface area (Å²) < 4.78 is 11.0. The summed E-state index contributed by atoms with van der Waals surface area (Å²) in [6, 6.07) is 13.5. The van der Waals surface area contributed by atoms with Gasteiger partial charge >= 0.3 is 0 Å². The van der Waals surface area contributed by atoms with Crippen LogP contribution in [-0.2, 0) is 6.54 Å². The number of rotatable bonds is 4. The molecule has 0 spiro atoms. The van der Waals surface area contributed by atoms with Crippen LogP contribution < -0.4 is 15.2 Å². The fraction of sp³-hybridized carbons (Fsp3) is 0.200. The van der Waals surface area contributed by atoms with E-state index in [1.54, 1.807) is 7.11 Å². The van der Waals surface area contributed by atoms with E-state index in [1.165, 1.54) is 5.56 Å². The van der Waals surface area contributed by atoms with Crippen LogP contribution in [0.1, 0.15) is 11.1 Å². The van der Waals surface area contributed by atoms with Crippen molar-refractivity contribution in [2.24, 2.45) is 5.73 Å². The Morgan fingerprint density at radius 3 is 2.28 bits per heavy atom. The third-order valence-corrected chi connectivity index (χ3v) is 2.74. The molecular formula is C15H17NO2. The van der Waals surface area contributed by atoms with Gasteiger partial charge in [0.1, 0.15) is 17.2 Å². The lowest BCUT2D eigenvalue weighted by Gasteiger charge is -2.11. The van der Waals surface area contributed by atoms with E-state index in [0.717, 1.165) is 22.8 Å². The van der Waals surface area contributed by atoms with E-state index in [4.69, 9.17) is 15.2 Å². The molecule has 2 aromatic carbocycles. The number of nitrogens with two attached hydrogens (primary N) is 1. The zero-order valence-electron chi connectivity index (χ0n) is 10.6. The molecule has 0 heterocycles. The lowest BCUT2D eigenvalue weighted by Crippen LogP contribution is -2.00. The Labute approximate surface area is 107 Å². The highest BCUT2D eigenvalue weighted by molar-refractivity contribution is 5.43. The summed E-state index contributed by atoms with van der Waals surface area (Å²) in [5.74, 6) is 2.29. The maximum atomic E-state index is 5.84. The average Bonchev–Trinajstić information content (AvgIpc) is 2.41. The van der Waals surface area contributed by atoms with Crippen molar-refractivity contribution < 1.29 is 9.47 Å². The molecule has 94 valence electrons. The maximum Gasteiger partial charge on any atom is 0.135 e. The van der Waals surface area contributed by atoms with Crippen LogP contribution in [0.2, 0.25) is 0 Å². The van der Waals surface area contributed by atoms with Gasteiger partial charge in [-0.15, -0.1) is 0 Å². The molecule has 0 saturated heterocycles. The fourth-order valence-corrected chi connectivity index (χ4v) is 1.66. The smallest absolute Gasteiger partial charge is 0.135 e. The van der Waals surface area contributed by atoms with Crippen molar-refractivity contribution in [1.82, 2.24) is 0 Å². The van der Waals surface area contributed by atoms with Crippen molar-refractivity contribution in [2.45, 2.75) is 13.5 Å².